The van der Waals surface area contributed by atoms with E-state index in [0.717, 1.165) is 72.4 Å². The second kappa shape index (κ2) is 19.7. The molecule has 6 heteroatoms. The van der Waals surface area contributed by atoms with Gasteiger partial charge < -0.3 is 19.1 Å². The van der Waals surface area contributed by atoms with Crippen LogP contribution < -0.4 is 14.5 Å². The number of hydrogen-bond acceptors (Lipinski definition) is 4. The van der Waals surface area contributed by atoms with Gasteiger partial charge >= 0.3 is 0 Å². The van der Waals surface area contributed by atoms with Crippen LogP contribution in [0.1, 0.15) is 112 Å². The van der Waals surface area contributed by atoms with E-state index in [1.807, 2.05) is 73.5 Å². The van der Waals surface area contributed by atoms with Crippen molar-refractivity contribution >= 4 is 44.6 Å². The van der Waals surface area contributed by atoms with Crippen molar-refractivity contribution in [2.75, 3.05) is 9.80 Å². The molecule has 0 spiro atoms. The Kier molecular flexibility index (Phi) is 12.0. The van der Waals surface area contributed by atoms with Crippen molar-refractivity contribution in [1.29, 1.82) is 0 Å². The predicted molar refractivity (Wildman–Crippen MR) is 315 cm³/mol. The maximum absolute atomic E-state index is 9.27. The third-order valence-electron chi connectivity index (χ3n) is 14.5. The van der Waals surface area contributed by atoms with Gasteiger partial charge in [0.25, 0.3) is 0 Å². The molecule has 0 bridgehead atoms. The Morgan fingerprint density at radius 1 is 0.487 bits per heavy atom. The first-order valence-corrected chi connectivity index (χ1v) is 25.9. The molecule has 1 aliphatic rings. The van der Waals surface area contributed by atoms with Crippen LogP contribution in [0.4, 0.5) is 22.7 Å². The first kappa shape index (κ1) is 46.1. The van der Waals surface area contributed by atoms with Crippen LogP contribution in [0, 0.1) is 18.8 Å². The van der Waals surface area contributed by atoms with Crippen molar-refractivity contribution in [3.63, 3.8) is 0 Å². The van der Waals surface area contributed by atoms with Crippen LogP contribution in [-0.4, -0.2) is 9.55 Å². The zero-order chi connectivity index (χ0) is 57.0. The minimum Gasteiger partial charge on any atom is -0.509 e. The summed E-state index contributed by atoms with van der Waals surface area (Å²) in [5, 5.41) is 2.10. The number of anilines is 4. The van der Waals surface area contributed by atoms with Gasteiger partial charge in [0, 0.05) is 72.5 Å². The molecule has 0 N–H and O–H groups in total. The molecule has 0 amide bonds. The van der Waals surface area contributed by atoms with Crippen LogP contribution in [0.3, 0.4) is 0 Å². The maximum Gasteiger partial charge on any atom is 0.135 e. The van der Waals surface area contributed by atoms with E-state index in [0.29, 0.717) is 28.4 Å². The van der Waals surface area contributed by atoms with Crippen molar-refractivity contribution in [2.24, 2.45) is 0 Å². The van der Waals surface area contributed by atoms with E-state index in [1.165, 1.54) is 11.1 Å². The summed E-state index contributed by atoms with van der Waals surface area (Å²) in [4.78, 5) is 9.10. The molecule has 76 heavy (non-hydrogen) atoms. The Morgan fingerprint density at radius 2 is 1.09 bits per heavy atom. The molecule has 386 valence electrons. The van der Waals surface area contributed by atoms with E-state index in [4.69, 9.17) is 13.8 Å². The van der Waals surface area contributed by atoms with Crippen LogP contribution in [0.2, 0.25) is 0 Å². The molecule has 0 radical (unpaired) electrons. The first-order chi connectivity index (χ1) is 37.8. The SMILES string of the molecule is [2H]c1c([2H])c([2H])c(-c2cccc(-c3cc(C(C)(C)C)cc(C(C)(C)C)c3)c2N2[CH-]N(c3[c-]c(Oc4[c-]c5c(cc4)c4cc(-c6ccc(C(C)(C)C)cc6)ccc4n5-c4cc(C(C)(C)C)ccn4)ccc3)c3ccccc32)c([2H])c1[2H].[Pt]. The van der Waals surface area contributed by atoms with Gasteiger partial charge in [-0.15, -0.1) is 48.1 Å². The molecule has 0 fully saturated rings. The maximum atomic E-state index is 9.27. The fourth-order valence-corrected chi connectivity index (χ4v) is 10.1. The summed E-state index contributed by atoms with van der Waals surface area (Å²) in [6, 6.07) is 55.8. The fraction of sp³-hybridized carbons (Fsp3) is 0.229. The minimum atomic E-state index is -0.439. The van der Waals surface area contributed by atoms with Crippen LogP contribution in [0.25, 0.3) is 61.0 Å². The zero-order valence-electron chi connectivity index (χ0n) is 50.5. The summed E-state index contributed by atoms with van der Waals surface area (Å²) in [6.07, 6.45) is 1.89. The van der Waals surface area contributed by atoms with Crippen LogP contribution in [0.15, 0.2) is 182 Å². The average Bonchev–Trinajstić information content (AvgIpc) is 4.15. The largest absolute Gasteiger partial charge is 0.509 e. The molecular weight excluding hydrogens is 1110 g/mol. The Hall–Kier alpha value is -7.20. The van der Waals surface area contributed by atoms with Gasteiger partial charge in [0.15, 0.2) is 0 Å². The monoisotopic (exact) mass is 1180 g/mol. The van der Waals surface area contributed by atoms with E-state index in [9.17, 15) is 2.74 Å². The third kappa shape index (κ3) is 10.0. The standard InChI is InChI=1S/C70H67N4O.Pt/c1-67(2,3)50-31-28-46(29-32-50)48-30-35-61-60(40-48)59-34-33-56(44-64(59)74(61)65-42-51(36-37-71-65)68(4,5)6)75-55-23-18-22-54(43-55)72-45-73(63-27-17-16-26-62(63)72)66-57(47-20-14-13-15-21-47)24-19-25-58(66)49-38-52(69(7,8)9)41-53(39-49)70(10,11)12;/h13-42,45H,1-12H3;/q-3;/i13D,14D,15D,20D,21D;. The number of aromatic nitrogens is 2. The molecule has 11 rings (SSSR count). The second-order valence-electron chi connectivity index (χ2n) is 24.0. The summed E-state index contributed by atoms with van der Waals surface area (Å²) >= 11 is 0. The third-order valence-corrected chi connectivity index (χ3v) is 14.5. The van der Waals surface area contributed by atoms with E-state index in [-0.39, 0.29) is 60.4 Å². The molecule has 0 atom stereocenters. The van der Waals surface area contributed by atoms with E-state index < -0.39 is 18.1 Å². The predicted octanol–water partition coefficient (Wildman–Crippen LogP) is 19.2. The quantitative estimate of drug-likeness (QED) is 0.142. The summed E-state index contributed by atoms with van der Waals surface area (Å²) in [7, 11) is 0. The van der Waals surface area contributed by atoms with Crippen molar-refractivity contribution in [2.45, 2.75) is 105 Å². The zero-order valence-corrected chi connectivity index (χ0v) is 47.8. The molecule has 8 aromatic carbocycles. The summed E-state index contributed by atoms with van der Waals surface area (Å²) in [5.74, 6) is 1.78. The smallest absolute Gasteiger partial charge is 0.135 e. The Bertz CT molecular complexity index is 4020. The number of para-hydroxylation sites is 3. The first-order valence-electron chi connectivity index (χ1n) is 28.4. The van der Waals surface area contributed by atoms with Crippen molar-refractivity contribution in [3.8, 4) is 50.7 Å². The molecule has 10 aromatic rings. The van der Waals surface area contributed by atoms with Gasteiger partial charge in [0.1, 0.15) is 5.82 Å². The number of pyridine rings is 1. The molecule has 0 aliphatic carbocycles. The molecule has 0 unspecified atom stereocenters. The second-order valence-corrected chi connectivity index (χ2v) is 24.0. The van der Waals surface area contributed by atoms with Crippen LogP contribution in [0.5, 0.6) is 11.5 Å². The summed E-state index contributed by atoms with van der Waals surface area (Å²) in [5.41, 5.74) is 13.9. The van der Waals surface area contributed by atoms with Gasteiger partial charge in [-0.1, -0.05) is 204 Å². The van der Waals surface area contributed by atoms with Crippen molar-refractivity contribution < 1.29 is 32.7 Å². The van der Waals surface area contributed by atoms with Gasteiger partial charge in [-0.3, -0.25) is 0 Å². The van der Waals surface area contributed by atoms with Crippen LogP contribution in [-0.2, 0) is 42.7 Å². The number of ether oxygens (including phenoxy) is 1. The van der Waals surface area contributed by atoms with Gasteiger partial charge in [-0.2, -0.15) is 12.1 Å². The van der Waals surface area contributed by atoms with Gasteiger partial charge in [0.05, 0.1) is 6.85 Å². The fourth-order valence-electron chi connectivity index (χ4n) is 10.1. The Balaban J connectivity index is 0.00000736. The molecule has 2 aromatic heterocycles. The van der Waals surface area contributed by atoms with Gasteiger partial charge in [-0.05, 0) is 102 Å². The molecule has 5 nitrogen and oxygen atoms in total. The van der Waals surface area contributed by atoms with E-state index >= 15 is 0 Å². The Morgan fingerprint density at radius 3 is 1.75 bits per heavy atom. The van der Waals surface area contributed by atoms with Crippen molar-refractivity contribution in [1.82, 2.24) is 9.55 Å². The molecule has 1 aliphatic heterocycles. The van der Waals surface area contributed by atoms with Gasteiger partial charge in [0.2, 0.25) is 0 Å². The molecule has 0 saturated carbocycles. The van der Waals surface area contributed by atoms with Crippen molar-refractivity contribution in [3.05, 3.63) is 223 Å². The number of fused-ring (bicyclic) bond motifs is 4. The summed E-state index contributed by atoms with van der Waals surface area (Å²) in [6.45, 7) is 28.6. The van der Waals surface area contributed by atoms with Crippen LogP contribution >= 0.6 is 0 Å². The summed E-state index contributed by atoms with van der Waals surface area (Å²) < 4.78 is 53.6. The van der Waals surface area contributed by atoms with E-state index in [2.05, 4.69) is 195 Å². The topological polar surface area (TPSA) is 33.5 Å². The molecule has 0 saturated heterocycles. The number of rotatable bonds is 8. The molecular formula is C70H67N4OPt-3. The number of nitrogens with zero attached hydrogens (tertiary/aromatic N) is 4. The van der Waals surface area contributed by atoms with Gasteiger partial charge in [-0.25, -0.2) is 4.98 Å². The number of hydrogen-bond donors (Lipinski definition) is 0. The minimum absolute atomic E-state index is 0. The molecule has 3 heterocycles. The Labute approximate surface area is 472 Å². The average molecular weight is 1180 g/mol. The number of benzene rings is 8. The normalized spacial score (nSPS) is 14.0. The van der Waals surface area contributed by atoms with E-state index in [1.54, 1.807) is 0 Å².